The third-order valence-corrected chi connectivity index (χ3v) is 5.46. The number of unbranched alkanes of at least 4 members (excludes halogenated alkanes) is 2. The molecule has 0 aliphatic carbocycles. The monoisotopic (exact) mass is 423 g/mol. The van der Waals surface area contributed by atoms with Crippen LogP contribution in [0.3, 0.4) is 0 Å². The number of rotatable bonds is 9. The lowest BCUT2D eigenvalue weighted by molar-refractivity contribution is -0.385. The van der Waals surface area contributed by atoms with Crippen LogP contribution in [0.5, 0.6) is 0 Å². The van der Waals surface area contributed by atoms with E-state index in [0.717, 1.165) is 28.1 Å². The van der Waals surface area contributed by atoms with E-state index in [-0.39, 0.29) is 29.3 Å². The molecule has 8 nitrogen and oxygen atoms in total. The minimum absolute atomic E-state index is 0.0691. The SMILES string of the molecule is CCc1cccc(C)c1NC(=O)CCCCCN1C(=O)c2cccc([N+](=O)[O-])c2C1=O. The van der Waals surface area contributed by atoms with Crippen LogP contribution < -0.4 is 5.32 Å². The van der Waals surface area contributed by atoms with Crippen LogP contribution in [0.2, 0.25) is 0 Å². The van der Waals surface area contributed by atoms with Crippen LogP contribution in [0, 0.1) is 17.0 Å². The van der Waals surface area contributed by atoms with Gasteiger partial charge in [-0.3, -0.25) is 29.4 Å². The minimum Gasteiger partial charge on any atom is -0.326 e. The first kappa shape index (κ1) is 22.1. The number of nitrogens with zero attached hydrogens (tertiary/aromatic N) is 2. The number of amides is 3. The number of nitrogens with one attached hydrogen (secondary N) is 1. The third kappa shape index (κ3) is 4.63. The topological polar surface area (TPSA) is 110 Å². The summed E-state index contributed by atoms with van der Waals surface area (Å²) in [5.41, 5.74) is 2.56. The van der Waals surface area contributed by atoms with Crippen LogP contribution in [0.4, 0.5) is 11.4 Å². The van der Waals surface area contributed by atoms with Gasteiger partial charge < -0.3 is 5.32 Å². The summed E-state index contributed by atoms with van der Waals surface area (Å²) in [6, 6.07) is 9.99. The molecule has 0 radical (unpaired) electrons. The first-order valence-electron chi connectivity index (χ1n) is 10.4. The van der Waals surface area contributed by atoms with E-state index < -0.39 is 16.7 Å². The third-order valence-electron chi connectivity index (χ3n) is 5.46. The summed E-state index contributed by atoms with van der Waals surface area (Å²) in [6.07, 6.45) is 2.96. The number of hydrogen-bond acceptors (Lipinski definition) is 5. The summed E-state index contributed by atoms with van der Waals surface area (Å²) in [5, 5.41) is 14.1. The van der Waals surface area contributed by atoms with E-state index in [1.165, 1.54) is 18.2 Å². The maximum absolute atomic E-state index is 12.5. The number of nitro benzene ring substituents is 1. The number of para-hydroxylation sites is 1. The molecule has 0 bridgehead atoms. The smallest absolute Gasteiger partial charge is 0.282 e. The van der Waals surface area contributed by atoms with Crippen molar-refractivity contribution in [3.63, 3.8) is 0 Å². The zero-order valence-corrected chi connectivity index (χ0v) is 17.6. The molecule has 1 heterocycles. The molecular weight excluding hydrogens is 398 g/mol. The van der Waals surface area contributed by atoms with Gasteiger partial charge >= 0.3 is 0 Å². The Bertz CT molecular complexity index is 1050. The molecule has 162 valence electrons. The average Bonchev–Trinajstić information content (AvgIpc) is 2.99. The summed E-state index contributed by atoms with van der Waals surface area (Å²) in [7, 11) is 0. The second-order valence-corrected chi connectivity index (χ2v) is 7.54. The normalized spacial score (nSPS) is 12.8. The zero-order valence-electron chi connectivity index (χ0n) is 17.6. The van der Waals surface area contributed by atoms with Gasteiger partial charge in [-0.15, -0.1) is 0 Å². The van der Waals surface area contributed by atoms with Gasteiger partial charge in [-0.2, -0.15) is 0 Å². The fourth-order valence-corrected chi connectivity index (χ4v) is 3.81. The van der Waals surface area contributed by atoms with E-state index in [4.69, 9.17) is 0 Å². The average molecular weight is 423 g/mol. The maximum atomic E-state index is 12.5. The largest absolute Gasteiger partial charge is 0.326 e. The van der Waals surface area contributed by atoms with E-state index in [2.05, 4.69) is 5.32 Å². The number of aryl methyl sites for hydroxylation is 2. The van der Waals surface area contributed by atoms with Crippen molar-refractivity contribution >= 4 is 29.1 Å². The summed E-state index contributed by atoms with van der Waals surface area (Å²) in [4.78, 5) is 48.9. The number of fused-ring (bicyclic) bond motifs is 1. The molecule has 0 saturated carbocycles. The van der Waals surface area contributed by atoms with Crippen LogP contribution in [0.15, 0.2) is 36.4 Å². The van der Waals surface area contributed by atoms with Gasteiger partial charge in [0.05, 0.1) is 10.5 Å². The molecular formula is C23H25N3O5. The highest BCUT2D eigenvalue weighted by Crippen LogP contribution is 2.31. The molecule has 3 amide bonds. The van der Waals surface area contributed by atoms with Crippen molar-refractivity contribution in [1.82, 2.24) is 4.90 Å². The Balaban J connectivity index is 1.49. The molecule has 8 heteroatoms. The Kier molecular flexibility index (Phi) is 6.79. The zero-order chi connectivity index (χ0) is 22.5. The number of anilines is 1. The quantitative estimate of drug-likeness (QED) is 0.280. The Hall–Kier alpha value is -3.55. The number of nitro groups is 1. The highest BCUT2D eigenvalue weighted by molar-refractivity contribution is 6.23. The van der Waals surface area contributed by atoms with Crippen molar-refractivity contribution in [3.8, 4) is 0 Å². The second-order valence-electron chi connectivity index (χ2n) is 7.54. The summed E-state index contributed by atoms with van der Waals surface area (Å²) in [6.45, 7) is 4.17. The number of hydrogen-bond donors (Lipinski definition) is 1. The first-order chi connectivity index (χ1) is 14.8. The fraction of sp³-hybridized carbons (Fsp3) is 0.348. The van der Waals surface area contributed by atoms with Gasteiger partial charge in [0, 0.05) is 24.7 Å². The summed E-state index contributed by atoms with van der Waals surface area (Å²) >= 11 is 0. The predicted molar refractivity (Wildman–Crippen MR) is 116 cm³/mol. The van der Waals surface area contributed by atoms with E-state index in [1.54, 1.807) is 0 Å². The van der Waals surface area contributed by atoms with Gasteiger partial charge in [-0.05, 0) is 43.4 Å². The van der Waals surface area contributed by atoms with Crippen LogP contribution >= 0.6 is 0 Å². The van der Waals surface area contributed by atoms with Crippen molar-refractivity contribution in [2.45, 2.75) is 46.0 Å². The second kappa shape index (κ2) is 9.51. The Labute approximate surface area is 180 Å². The molecule has 0 unspecified atom stereocenters. The van der Waals surface area contributed by atoms with Gasteiger partial charge in [-0.25, -0.2) is 0 Å². The van der Waals surface area contributed by atoms with Crippen molar-refractivity contribution in [2.24, 2.45) is 0 Å². The molecule has 0 spiro atoms. The highest BCUT2D eigenvalue weighted by atomic mass is 16.6. The van der Waals surface area contributed by atoms with E-state index >= 15 is 0 Å². The lowest BCUT2D eigenvalue weighted by atomic mass is 10.1. The molecule has 2 aromatic carbocycles. The Morgan fingerprint density at radius 3 is 2.52 bits per heavy atom. The van der Waals surface area contributed by atoms with Crippen molar-refractivity contribution < 1.29 is 19.3 Å². The van der Waals surface area contributed by atoms with Crippen LogP contribution in [0.25, 0.3) is 0 Å². The van der Waals surface area contributed by atoms with Crippen molar-refractivity contribution in [2.75, 3.05) is 11.9 Å². The predicted octanol–water partition coefficient (Wildman–Crippen LogP) is 4.26. The molecule has 0 saturated heterocycles. The molecule has 0 atom stereocenters. The highest BCUT2D eigenvalue weighted by Gasteiger charge is 2.40. The lowest BCUT2D eigenvalue weighted by Crippen LogP contribution is -2.30. The summed E-state index contributed by atoms with van der Waals surface area (Å²) < 4.78 is 0. The molecule has 1 aliphatic heterocycles. The van der Waals surface area contributed by atoms with Crippen LogP contribution in [-0.2, 0) is 11.2 Å². The van der Waals surface area contributed by atoms with Gasteiger partial charge in [0.25, 0.3) is 17.5 Å². The standard InChI is InChI=1S/C23H25N3O5/c1-3-16-10-7-9-15(2)21(16)24-19(27)13-5-4-6-14-25-22(28)17-11-8-12-18(26(30)31)20(17)23(25)29/h7-12H,3-6,13-14H2,1-2H3,(H,24,27). The van der Waals surface area contributed by atoms with Crippen LogP contribution in [-0.4, -0.2) is 34.1 Å². The van der Waals surface area contributed by atoms with E-state index in [9.17, 15) is 24.5 Å². The number of benzene rings is 2. The molecule has 2 aromatic rings. The number of carbonyl (C=O) groups is 3. The summed E-state index contributed by atoms with van der Waals surface area (Å²) in [5.74, 6) is -1.20. The van der Waals surface area contributed by atoms with Crippen LogP contribution in [0.1, 0.15) is 64.4 Å². The van der Waals surface area contributed by atoms with E-state index in [1.807, 2.05) is 32.0 Å². The molecule has 0 fully saturated rings. The maximum Gasteiger partial charge on any atom is 0.282 e. The van der Waals surface area contributed by atoms with E-state index in [0.29, 0.717) is 25.7 Å². The molecule has 31 heavy (non-hydrogen) atoms. The van der Waals surface area contributed by atoms with Gasteiger partial charge in [-0.1, -0.05) is 37.6 Å². The number of imide groups is 1. The molecule has 0 aromatic heterocycles. The Morgan fingerprint density at radius 1 is 1.06 bits per heavy atom. The molecule has 1 N–H and O–H groups in total. The van der Waals surface area contributed by atoms with Gasteiger partial charge in [0.2, 0.25) is 5.91 Å². The Morgan fingerprint density at radius 2 is 1.81 bits per heavy atom. The van der Waals surface area contributed by atoms with Crippen molar-refractivity contribution in [3.05, 3.63) is 68.8 Å². The first-order valence-corrected chi connectivity index (χ1v) is 10.4. The van der Waals surface area contributed by atoms with Gasteiger partial charge in [0.1, 0.15) is 5.56 Å². The van der Waals surface area contributed by atoms with Gasteiger partial charge in [0.15, 0.2) is 0 Å². The lowest BCUT2D eigenvalue weighted by Gasteiger charge is -2.14. The minimum atomic E-state index is -0.648. The fourth-order valence-electron chi connectivity index (χ4n) is 3.81. The molecule has 1 aliphatic rings. The number of carbonyl (C=O) groups excluding carboxylic acids is 3. The molecule has 3 rings (SSSR count). The van der Waals surface area contributed by atoms with Crippen molar-refractivity contribution in [1.29, 1.82) is 0 Å².